The second-order valence-electron chi connectivity index (χ2n) is 8.03. The first kappa shape index (κ1) is 25.7. The third-order valence-electron chi connectivity index (χ3n) is 5.29. The van der Waals surface area contributed by atoms with Gasteiger partial charge < -0.3 is 24.5 Å². The van der Waals surface area contributed by atoms with Crippen LogP contribution in [0.3, 0.4) is 0 Å². The molecule has 4 N–H and O–H groups in total. The molecule has 1 aromatic carbocycles. The Hall–Kier alpha value is -3.36. The molecule has 2 aliphatic rings. The molecule has 1 aliphatic carbocycles. The Balaban J connectivity index is 0.000000556. The number of nitrogens with zero attached hydrogens (tertiary/aromatic N) is 6. The van der Waals surface area contributed by atoms with Crippen LogP contribution in [0.1, 0.15) is 18.9 Å². The lowest BCUT2D eigenvalue weighted by Crippen LogP contribution is -2.32. The molecule has 1 aliphatic heterocycles. The van der Waals surface area contributed by atoms with Crippen molar-refractivity contribution in [1.29, 1.82) is 0 Å². The zero-order valence-corrected chi connectivity index (χ0v) is 19.3. The number of carbonyl (C=O) groups is 1. The number of phosphoric acid groups is 1. The summed E-state index contributed by atoms with van der Waals surface area (Å²) in [6, 6.07) is 7.98. The maximum atomic E-state index is 14.8. The molecule has 2 fully saturated rings. The van der Waals surface area contributed by atoms with Crippen LogP contribution in [0.4, 0.5) is 19.3 Å². The fourth-order valence-corrected chi connectivity index (χ4v) is 3.37. The van der Waals surface area contributed by atoms with E-state index in [-0.39, 0.29) is 12.2 Å². The van der Waals surface area contributed by atoms with Gasteiger partial charge >= 0.3 is 13.9 Å². The van der Waals surface area contributed by atoms with Gasteiger partial charge in [-0.15, -0.1) is 10.2 Å². The van der Waals surface area contributed by atoms with E-state index in [9.17, 15) is 18.7 Å². The molecule has 192 valence electrons. The fourth-order valence-electron chi connectivity index (χ4n) is 3.37. The van der Waals surface area contributed by atoms with Crippen molar-refractivity contribution in [1.82, 2.24) is 25.2 Å². The van der Waals surface area contributed by atoms with Gasteiger partial charge in [-0.25, -0.2) is 18.1 Å². The van der Waals surface area contributed by atoms with Crippen molar-refractivity contribution >= 4 is 19.6 Å². The Morgan fingerprint density at radius 1 is 1.19 bits per heavy atom. The molecule has 5 rings (SSSR count). The van der Waals surface area contributed by atoms with Crippen LogP contribution < -0.4 is 4.90 Å². The Morgan fingerprint density at radius 3 is 2.50 bits per heavy atom. The summed E-state index contributed by atoms with van der Waals surface area (Å²) >= 11 is 0. The number of alkyl halides is 1. The summed E-state index contributed by atoms with van der Waals surface area (Å²) in [5.74, 6) is -0.154. The van der Waals surface area contributed by atoms with E-state index in [1.807, 2.05) is 0 Å². The van der Waals surface area contributed by atoms with Crippen molar-refractivity contribution in [3.05, 3.63) is 42.3 Å². The normalized spacial score (nSPS) is 18.4. The Labute approximate surface area is 202 Å². The third kappa shape index (κ3) is 6.25. The minimum absolute atomic E-state index is 0.0620. The van der Waals surface area contributed by atoms with E-state index in [1.165, 1.54) is 18.3 Å². The molecule has 2 unspecified atom stereocenters. The van der Waals surface area contributed by atoms with Gasteiger partial charge in [0.1, 0.15) is 24.3 Å². The number of aliphatic hydroxyl groups is 1. The predicted octanol–water partition coefficient (Wildman–Crippen LogP) is 1.60. The number of rotatable bonds is 6. The quantitative estimate of drug-likeness (QED) is 0.342. The van der Waals surface area contributed by atoms with Gasteiger partial charge in [0.05, 0.1) is 18.3 Å². The topological polar surface area (TPSA) is 184 Å². The van der Waals surface area contributed by atoms with Crippen molar-refractivity contribution < 1.29 is 42.7 Å². The number of hydrogen-bond donors (Lipinski definition) is 4. The average molecular weight is 526 g/mol. The van der Waals surface area contributed by atoms with Gasteiger partial charge in [0.15, 0.2) is 6.10 Å². The van der Waals surface area contributed by atoms with Crippen LogP contribution in [0.2, 0.25) is 0 Å². The van der Waals surface area contributed by atoms with Gasteiger partial charge in [0.25, 0.3) is 0 Å². The zero-order chi connectivity index (χ0) is 26.0. The van der Waals surface area contributed by atoms with E-state index >= 15 is 0 Å². The van der Waals surface area contributed by atoms with Crippen LogP contribution in [-0.4, -0.2) is 76.5 Å². The number of ether oxygens (including phenoxy) is 1. The van der Waals surface area contributed by atoms with E-state index in [1.54, 1.807) is 23.0 Å². The summed E-state index contributed by atoms with van der Waals surface area (Å²) in [6.45, 7) is -1.10. The molecule has 0 radical (unpaired) electrons. The first-order valence-electron chi connectivity index (χ1n) is 10.6. The number of halogens is 2. The molecule has 0 bridgehead atoms. The number of tetrazole rings is 1. The highest BCUT2D eigenvalue weighted by Crippen LogP contribution is 2.33. The van der Waals surface area contributed by atoms with Crippen molar-refractivity contribution in [2.24, 2.45) is 0 Å². The number of anilines is 1. The van der Waals surface area contributed by atoms with Gasteiger partial charge in [-0.2, -0.15) is 4.80 Å². The lowest BCUT2D eigenvalue weighted by atomic mass is 10.1. The SMILES string of the molecule is O=C1OC(C(O)CF)CN1c1ccc(-c2ccc(-c3nnn(C4CC4)n3)nc2)c(F)c1.O=P(O)(O)O. The number of hydrogen-bond acceptors (Lipinski definition) is 8. The standard InChI is InChI=1S/C20H18F2N6O3.H3O4P/c21-8-17(29)18-10-27(20(30)31-18)13-4-5-14(15(22)7-13)11-1-6-16(23-9-11)19-24-26-28(25-19)12-2-3-12;1-5(2,3)4/h1,4-7,9,12,17-18,29H,2-3,8,10H2;(H3,1,2,3,4). The van der Waals surface area contributed by atoms with Gasteiger partial charge in [0.2, 0.25) is 5.82 Å². The summed E-state index contributed by atoms with van der Waals surface area (Å²) in [7, 11) is -4.64. The predicted molar refractivity (Wildman–Crippen MR) is 119 cm³/mol. The molecule has 3 aromatic rings. The fraction of sp³-hybridized carbons (Fsp3) is 0.350. The highest BCUT2D eigenvalue weighted by molar-refractivity contribution is 7.45. The number of carbonyl (C=O) groups excluding carboxylic acids is 1. The molecule has 1 saturated carbocycles. The van der Waals surface area contributed by atoms with E-state index in [0.29, 0.717) is 28.7 Å². The molecule has 13 nitrogen and oxygen atoms in total. The maximum absolute atomic E-state index is 14.8. The van der Waals surface area contributed by atoms with Crippen molar-refractivity contribution in [2.45, 2.75) is 31.1 Å². The summed E-state index contributed by atoms with van der Waals surface area (Å²) in [5, 5.41) is 21.9. The van der Waals surface area contributed by atoms with E-state index in [2.05, 4.69) is 20.4 Å². The van der Waals surface area contributed by atoms with Crippen LogP contribution in [0.5, 0.6) is 0 Å². The van der Waals surface area contributed by atoms with E-state index in [4.69, 9.17) is 24.0 Å². The molecule has 2 aromatic heterocycles. The number of aliphatic hydroxyl groups excluding tert-OH is 1. The van der Waals surface area contributed by atoms with Crippen LogP contribution in [-0.2, 0) is 9.30 Å². The number of pyridine rings is 1. The lowest BCUT2D eigenvalue weighted by molar-refractivity contribution is 0.0188. The highest BCUT2D eigenvalue weighted by Gasteiger charge is 2.37. The van der Waals surface area contributed by atoms with Crippen LogP contribution in [0, 0.1) is 5.82 Å². The first-order chi connectivity index (χ1) is 17.0. The molecule has 1 saturated heterocycles. The largest absolute Gasteiger partial charge is 0.466 e. The summed E-state index contributed by atoms with van der Waals surface area (Å²) in [6.07, 6.45) is 0.435. The van der Waals surface area contributed by atoms with E-state index < -0.39 is 38.6 Å². The molecule has 0 spiro atoms. The highest BCUT2D eigenvalue weighted by atomic mass is 31.2. The summed E-state index contributed by atoms with van der Waals surface area (Å²) < 4.78 is 41.3. The van der Waals surface area contributed by atoms with Crippen molar-refractivity contribution in [3.8, 4) is 22.6 Å². The molecule has 1 amide bonds. The summed E-state index contributed by atoms with van der Waals surface area (Å²) in [5.41, 5.74) is 1.62. The second-order valence-corrected chi connectivity index (χ2v) is 9.06. The molecular weight excluding hydrogens is 505 g/mol. The van der Waals surface area contributed by atoms with Crippen LogP contribution in [0.15, 0.2) is 36.5 Å². The van der Waals surface area contributed by atoms with Crippen LogP contribution >= 0.6 is 7.82 Å². The minimum atomic E-state index is -4.64. The van der Waals surface area contributed by atoms with Gasteiger partial charge in [-0.3, -0.25) is 9.88 Å². The lowest BCUT2D eigenvalue weighted by Gasteiger charge is -2.15. The first-order valence-corrected chi connectivity index (χ1v) is 12.2. The Bertz CT molecular complexity index is 1280. The van der Waals surface area contributed by atoms with Gasteiger partial charge in [0, 0.05) is 17.3 Å². The average Bonchev–Trinajstić information content (AvgIpc) is 3.42. The minimum Gasteiger partial charge on any atom is -0.441 e. The smallest absolute Gasteiger partial charge is 0.441 e. The van der Waals surface area contributed by atoms with Gasteiger partial charge in [-0.1, -0.05) is 6.07 Å². The molecule has 3 heterocycles. The molecular formula is C20H21F2N6O7P. The number of cyclic esters (lactones) is 1. The molecule has 36 heavy (non-hydrogen) atoms. The number of amides is 1. The van der Waals surface area contributed by atoms with Gasteiger partial charge in [-0.05, 0) is 42.3 Å². The van der Waals surface area contributed by atoms with Crippen molar-refractivity contribution in [3.63, 3.8) is 0 Å². The summed E-state index contributed by atoms with van der Waals surface area (Å²) in [4.78, 5) is 40.6. The Morgan fingerprint density at radius 2 is 1.92 bits per heavy atom. The van der Waals surface area contributed by atoms with Crippen LogP contribution in [0.25, 0.3) is 22.6 Å². The molecule has 2 atom stereocenters. The second kappa shape index (κ2) is 10.3. The monoisotopic (exact) mass is 526 g/mol. The Kier molecular flexibility index (Phi) is 7.38. The van der Waals surface area contributed by atoms with E-state index in [0.717, 1.165) is 17.7 Å². The third-order valence-corrected chi connectivity index (χ3v) is 5.29. The number of aromatic nitrogens is 5. The number of benzene rings is 1. The maximum Gasteiger partial charge on any atom is 0.466 e. The molecule has 16 heteroatoms. The van der Waals surface area contributed by atoms with Crippen molar-refractivity contribution in [2.75, 3.05) is 18.1 Å². The zero-order valence-electron chi connectivity index (χ0n) is 18.4.